The highest BCUT2D eigenvalue weighted by molar-refractivity contribution is 7.91. The van der Waals surface area contributed by atoms with E-state index in [0.717, 1.165) is 25.5 Å². The van der Waals surface area contributed by atoms with Gasteiger partial charge < -0.3 is 0 Å². The van der Waals surface area contributed by atoms with Crippen LogP contribution in [0.15, 0.2) is 0 Å². The number of hydrogen-bond donors (Lipinski definition) is 0. The van der Waals surface area contributed by atoms with Crippen molar-refractivity contribution in [2.75, 3.05) is 24.3 Å². The molecule has 7 heteroatoms. The third-order valence-corrected chi connectivity index (χ3v) is 7.27. The lowest BCUT2D eigenvalue weighted by atomic mass is 10.1. The SMILES string of the molecule is CC1CCC(CS(=O)(=O)N2CC[C@H]2CS(C)(=O)=O)C1. The van der Waals surface area contributed by atoms with Crippen LogP contribution in [0.25, 0.3) is 0 Å². The Balaban J connectivity index is 1.96. The van der Waals surface area contributed by atoms with E-state index in [1.165, 1.54) is 4.31 Å². The molecule has 0 aromatic carbocycles. The van der Waals surface area contributed by atoms with Crippen molar-refractivity contribution in [1.82, 2.24) is 4.31 Å². The van der Waals surface area contributed by atoms with Crippen molar-refractivity contribution >= 4 is 19.9 Å². The van der Waals surface area contributed by atoms with Gasteiger partial charge in [-0.25, -0.2) is 16.8 Å². The van der Waals surface area contributed by atoms with Gasteiger partial charge in [0.05, 0.1) is 11.5 Å². The molecule has 5 nitrogen and oxygen atoms in total. The molecule has 112 valence electrons. The van der Waals surface area contributed by atoms with Gasteiger partial charge in [-0.1, -0.05) is 13.3 Å². The molecule has 0 radical (unpaired) electrons. The Morgan fingerprint density at radius 3 is 2.16 bits per heavy atom. The third-order valence-electron chi connectivity index (χ3n) is 4.19. The lowest BCUT2D eigenvalue weighted by molar-refractivity contribution is 0.218. The zero-order valence-corrected chi connectivity index (χ0v) is 13.2. The Bertz CT molecular complexity index is 526. The zero-order valence-electron chi connectivity index (χ0n) is 11.6. The number of sulfonamides is 1. The van der Waals surface area contributed by atoms with Crippen molar-refractivity contribution < 1.29 is 16.8 Å². The summed E-state index contributed by atoms with van der Waals surface area (Å²) in [6.07, 6.45) is 4.88. The molecule has 19 heavy (non-hydrogen) atoms. The van der Waals surface area contributed by atoms with Crippen molar-refractivity contribution in [2.24, 2.45) is 11.8 Å². The molecular weight excluding hydrogens is 286 g/mol. The molecular formula is C12H23NO4S2. The van der Waals surface area contributed by atoms with Crippen LogP contribution >= 0.6 is 0 Å². The summed E-state index contributed by atoms with van der Waals surface area (Å²) in [6, 6.07) is -0.334. The van der Waals surface area contributed by atoms with Gasteiger partial charge in [-0.2, -0.15) is 4.31 Å². The predicted molar refractivity (Wildman–Crippen MR) is 75.1 cm³/mol. The maximum Gasteiger partial charge on any atom is 0.214 e. The first kappa shape index (κ1) is 15.3. The Morgan fingerprint density at radius 2 is 1.74 bits per heavy atom. The summed E-state index contributed by atoms with van der Waals surface area (Å²) >= 11 is 0. The van der Waals surface area contributed by atoms with Gasteiger partial charge in [-0.15, -0.1) is 0 Å². The molecule has 1 saturated carbocycles. The van der Waals surface area contributed by atoms with Crippen LogP contribution < -0.4 is 0 Å². The fraction of sp³-hybridized carbons (Fsp3) is 1.00. The van der Waals surface area contributed by atoms with Gasteiger partial charge in [0.25, 0.3) is 0 Å². The van der Waals surface area contributed by atoms with Crippen LogP contribution in [-0.2, 0) is 19.9 Å². The molecule has 0 bridgehead atoms. The molecule has 0 amide bonds. The summed E-state index contributed by atoms with van der Waals surface area (Å²) in [4.78, 5) is 0. The molecule has 3 atom stereocenters. The predicted octanol–water partition coefficient (Wildman–Crippen LogP) is 0.871. The van der Waals surface area contributed by atoms with Crippen molar-refractivity contribution in [1.29, 1.82) is 0 Å². The molecule has 0 aromatic rings. The van der Waals surface area contributed by atoms with Gasteiger partial charge in [-0.3, -0.25) is 0 Å². The van der Waals surface area contributed by atoms with E-state index in [4.69, 9.17) is 0 Å². The largest absolute Gasteiger partial charge is 0.229 e. The average Bonchev–Trinajstić information content (AvgIpc) is 2.55. The van der Waals surface area contributed by atoms with E-state index in [0.29, 0.717) is 18.9 Å². The van der Waals surface area contributed by atoms with Gasteiger partial charge in [-0.05, 0) is 31.1 Å². The van der Waals surface area contributed by atoms with Gasteiger partial charge in [0, 0.05) is 18.8 Å². The third kappa shape index (κ3) is 3.92. The van der Waals surface area contributed by atoms with Gasteiger partial charge in [0.15, 0.2) is 0 Å². The number of hydrogen-bond acceptors (Lipinski definition) is 4. The lowest BCUT2D eigenvalue weighted by Gasteiger charge is -2.39. The second-order valence-electron chi connectivity index (χ2n) is 6.21. The minimum absolute atomic E-state index is 0.0483. The summed E-state index contributed by atoms with van der Waals surface area (Å²) in [5.41, 5.74) is 0. The fourth-order valence-electron chi connectivity index (χ4n) is 3.17. The fourth-order valence-corrected chi connectivity index (χ4v) is 6.42. The summed E-state index contributed by atoms with van der Waals surface area (Å²) in [5.74, 6) is 1.01. The van der Waals surface area contributed by atoms with E-state index in [1.807, 2.05) is 0 Å². The molecule has 1 heterocycles. The van der Waals surface area contributed by atoms with Crippen molar-refractivity contribution in [2.45, 2.75) is 38.6 Å². The van der Waals surface area contributed by atoms with E-state index in [-0.39, 0.29) is 23.5 Å². The van der Waals surface area contributed by atoms with Crippen LogP contribution in [0.5, 0.6) is 0 Å². The number of rotatable bonds is 5. The maximum atomic E-state index is 12.3. The Kier molecular flexibility index (Phi) is 4.28. The van der Waals surface area contributed by atoms with Crippen LogP contribution in [0.1, 0.15) is 32.6 Å². The monoisotopic (exact) mass is 309 g/mol. The van der Waals surface area contributed by atoms with Gasteiger partial charge in [0.2, 0.25) is 10.0 Å². The summed E-state index contributed by atoms with van der Waals surface area (Å²) < 4.78 is 48.6. The molecule has 1 aliphatic heterocycles. The molecule has 0 N–H and O–H groups in total. The lowest BCUT2D eigenvalue weighted by Crippen LogP contribution is -2.55. The molecule has 1 saturated heterocycles. The first-order valence-electron chi connectivity index (χ1n) is 6.84. The molecule has 2 rings (SSSR count). The van der Waals surface area contributed by atoms with Crippen LogP contribution in [0.3, 0.4) is 0 Å². The van der Waals surface area contributed by atoms with E-state index in [1.54, 1.807) is 0 Å². The topological polar surface area (TPSA) is 71.5 Å². The van der Waals surface area contributed by atoms with Crippen LogP contribution in [0, 0.1) is 11.8 Å². The summed E-state index contributed by atoms with van der Waals surface area (Å²) in [7, 11) is -6.40. The smallest absolute Gasteiger partial charge is 0.214 e. The van der Waals surface area contributed by atoms with Gasteiger partial charge in [0.1, 0.15) is 9.84 Å². The minimum atomic E-state index is -3.28. The highest BCUT2D eigenvalue weighted by atomic mass is 32.2. The molecule has 1 aliphatic carbocycles. The average molecular weight is 309 g/mol. The van der Waals surface area contributed by atoms with E-state index in [9.17, 15) is 16.8 Å². The Morgan fingerprint density at radius 1 is 1.05 bits per heavy atom. The van der Waals surface area contributed by atoms with Crippen molar-refractivity contribution in [3.05, 3.63) is 0 Å². The number of nitrogens with zero attached hydrogens (tertiary/aromatic N) is 1. The van der Waals surface area contributed by atoms with Crippen LogP contribution in [0.4, 0.5) is 0 Å². The maximum absolute atomic E-state index is 12.3. The molecule has 2 fully saturated rings. The minimum Gasteiger partial charge on any atom is -0.229 e. The van der Waals surface area contributed by atoms with Gasteiger partial charge >= 0.3 is 0 Å². The van der Waals surface area contributed by atoms with E-state index >= 15 is 0 Å². The first-order valence-corrected chi connectivity index (χ1v) is 10.5. The quantitative estimate of drug-likeness (QED) is 0.755. The summed E-state index contributed by atoms with van der Waals surface area (Å²) in [6.45, 7) is 2.63. The van der Waals surface area contributed by atoms with Crippen molar-refractivity contribution in [3.63, 3.8) is 0 Å². The highest BCUT2D eigenvalue weighted by Gasteiger charge is 2.40. The highest BCUT2D eigenvalue weighted by Crippen LogP contribution is 2.33. The van der Waals surface area contributed by atoms with Crippen LogP contribution in [0.2, 0.25) is 0 Å². The Labute approximate surface area is 116 Å². The van der Waals surface area contributed by atoms with E-state index < -0.39 is 19.9 Å². The normalized spacial score (nSPS) is 33.3. The standard InChI is InChI=1S/C12H23NO4S2/c1-10-3-4-11(7-10)8-19(16,17)13-6-5-12(13)9-18(2,14)15/h10-12H,3-9H2,1-2H3/t10?,11?,12-/m0/s1. The summed E-state index contributed by atoms with van der Waals surface area (Å²) in [5, 5.41) is 0. The van der Waals surface area contributed by atoms with Crippen LogP contribution in [-0.4, -0.2) is 51.5 Å². The second kappa shape index (κ2) is 5.33. The molecule has 2 unspecified atom stereocenters. The zero-order chi connectivity index (χ0) is 14.3. The van der Waals surface area contributed by atoms with Crippen molar-refractivity contribution in [3.8, 4) is 0 Å². The Hall–Kier alpha value is -0.140. The number of sulfone groups is 1. The first-order chi connectivity index (χ1) is 8.67. The second-order valence-corrected chi connectivity index (χ2v) is 10.4. The molecule has 2 aliphatic rings. The molecule has 0 aromatic heterocycles. The van der Waals surface area contributed by atoms with E-state index in [2.05, 4.69) is 6.92 Å². The molecule has 0 spiro atoms.